The topological polar surface area (TPSA) is 81.0 Å². The molecule has 0 spiro atoms. The molecule has 1 unspecified atom stereocenters. The molecule has 1 atom stereocenters. The van der Waals surface area contributed by atoms with Gasteiger partial charge in [0.15, 0.2) is 23.1 Å². The number of hydrogen-bond acceptors (Lipinski definition) is 6. The summed E-state index contributed by atoms with van der Waals surface area (Å²) in [4.78, 5) is 0. The number of nitrogens with one attached hydrogen (secondary N) is 1. The average Bonchev–Trinajstić information content (AvgIpc) is 3.01. The van der Waals surface area contributed by atoms with Crippen LogP contribution < -0.4 is 18.9 Å². The second kappa shape index (κ2) is 7.90. The highest BCUT2D eigenvalue weighted by atomic mass is 19.1. The number of aliphatic hydroxyl groups excluding tert-OH is 1. The first-order chi connectivity index (χ1) is 13.4. The van der Waals surface area contributed by atoms with Crippen molar-refractivity contribution in [2.45, 2.75) is 12.5 Å². The SMILES string of the molecule is COc1ccc(C2=C(c3cc(OC)c(OC)c(OC)c3)C(=N)C(O)C2)cc1F. The average molecular weight is 387 g/mol. The molecule has 0 saturated heterocycles. The zero-order valence-corrected chi connectivity index (χ0v) is 16.1. The van der Waals surface area contributed by atoms with Crippen molar-refractivity contribution in [1.29, 1.82) is 5.41 Å². The molecule has 3 rings (SSSR count). The van der Waals surface area contributed by atoms with Gasteiger partial charge in [0.05, 0.1) is 40.3 Å². The zero-order chi connectivity index (χ0) is 20.4. The van der Waals surface area contributed by atoms with Crippen molar-refractivity contribution in [3.05, 3.63) is 47.3 Å². The second-order valence-corrected chi connectivity index (χ2v) is 6.25. The van der Waals surface area contributed by atoms with E-state index in [1.165, 1.54) is 40.6 Å². The molecule has 6 nitrogen and oxygen atoms in total. The van der Waals surface area contributed by atoms with Gasteiger partial charge in [-0.1, -0.05) is 6.07 Å². The maximum absolute atomic E-state index is 14.2. The van der Waals surface area contributed by atoms with Gasteiger partial charge in [-0.05, 0) is 41.0 Å². The summed E-state index contributed by atoms with van der Waals surface area (Å²) in [6.07, 6.45) is -0.773. The quantitative estimate of drug-likeness (QED) is 0.792. The van der Waals surface area contributed by atoms with E-state index >= 15 is 0 Å². The van der Waals surface area contributed by atoms with Crippen molar-refractivity contribution in [2.24, 2.45) is 0 Å². The summed E-state index contributed by atoms with van der Waals surface area (Å²) in [5.74, 6) is 0.908. The first-order valence-corrected chi connectivity index (χ1v) is 8.59. The Morgan fingerprint density at radius 2 is 1.50 bits per heavy atom. The van der Waals surface area contributed by atoms with Crippen LogP contribution in [0.4, 0.5) is 4.39 Å². The molecule has 0 radical (unpaired) electrons. The summed E-state index contributed by atoms with van der Waals surface area (Å²) < 4.78 is 35.3. The Hall–Kier alpha value is -3.06. The van der Waals surface area contributed by atoms with E-state index in [4.69, 9.17) is 24.4 Å². The molecule has 0 amide bonds. The van der Waals surface area contributed by atoms with E-state index in [0.717, 1.165) is 0 Å². The van der Waals surface area contributed by atoms with E-state index in [9.17, 15) is 9.50 Å². The summed E-state index contributed by atoms with van der Waals surface area (Å²) in [7, 11) is 5.91. The lowest BCUT2D eigenvalue weighted by Crippen LogP contribution is -2.14. The zero-order valence-electron chi connectivity index (χ0n) is 16.1. The van der Waals surface area contributed by atoms with Crippen LogP contribution in [-0.4, -0.2) is 45.4 Å². The van der Waals surface area contributed by atoms with Crippen molar-refractivity contribution < 1.29 is 28.4 Å². The minimum atomic E-state index is -0.978. The van der Waals surface area contributed by atoms with Gasteiger partial charge in [-0.25, -0.2) is 4.39 Å². The van der Waals surface area contributed by atoms with Crippen molar-refractivity contribution >= 4 is 16.9 Å². The van der Waals surface area contributed by atoms with Gasteiger partial charge in [0.25, 0.3) is 0 Å². The fraction of sp³-hybridized carbons (Fsp3) is 0.286. The number of ether oxygens (including phenoxy) is 4. The maximum Gasteiger partial charge on any atom is 0.203 e. The third-order valence-electron chi connectivity index (χ3n) is 4.76. The normalized spacial score (nSPS) is 16.4. The number of rotatable bonds is 6. The summed E-state index contributed by atoms with van der Waals surface area (Å²) in [5.41, 5.74) is 2.41. The lowest BCUT2D eigenvalue weighted by Gasteiger charge is -2.16. The smallest absolute Gasteiger partial charge is 0.203 e. The molecule has 0 aliphatic heterocycles. The highest BCUT2D eigenvalue weighted by Gasteiger charge is 2.31. The number of hydrogen-bond donors (Lipinski definition) is 2. The molecule has 2 aromatic rings. The molecular formula is C21H22FNO5. The van der Waals surface area contributed by atoms with Crippen LogP contribution in [0.2, 0.25) is 0 Å². The first-order valence-electron chi connectivity index (χ1n) is 8.59. The van der Waals surface area contributed by atoms with Crippen LogP contribution in [0, 0.1) is 11.2 Å². The molecule has 7 heteroatoms. The van der Waals surface area contributed by atoms with Crippen molar-refractivity contribution in [3.8, 4) is 23.0 Å². The standard InChI is InChI=1S/C21H22FNO5/c1-25-16-6-5-11(7-14(16)22)13-10-15(24)20(23)19(13)12-8-17(26-2)21(28-4)18(9-12)27-3/h5-9,15,23-24H,10H2,1-4H3. The van der Waals surface area contributed by atoms with Crippen LogP contribution in [0.3, 0.4) is 0 Å². The van der Waals surface area contributed by atoms with E-state index in [1.54, 1.807) is 18.2 Å². The summed E-state index contributed by atoms with van der Waals surface area (Å²) in [6, 6.07) is 8.00. The third kappa shape index (κ3) is 3.29. The van der Waals surface area contributed by atoms with Crippen LogP contribution >= 0.6 is 0 Å². The molecule has 1 aliphatic carbocycles. The maximum atomic E-state index is 14.2. The molecular weight excluding hydrogens is 365 g/mol. The molecule has 1 aliphatic rings. The van der Waals surface area contributed by atoms with Gasteiger partial charge in [0.1, 0.15) is 0 Å². The summed E-state index contributed by atoms with van der Waals surface area (Å²) in [5, 5.41) is 18.7. The largest absolute Gasteiger partial charge is 0.494 e. The minimum Gasteiger partial charge on any atom is -0.494 e. The molecule has 0 bridgehead atoms. The van der Waals surface area contributed by atoms with Crippen molar-refractivity contribution in [2.75, 3.05) is 28.4 Å². The second-order valence-electron chi connectivity index (χ2n) is 6.25. The fourth-order valence-corrected chi connectivity index (χ4v) is 3.40. The number of aliphatic hydroxyl groups is 1. The fourth-order valence-electron chi connectivity index (χ4n) is 3.40. The van der Waals surface area contributed by atoms with Crippen LogP contribution in [0.1, 0.15) is 17.5 Å². The van der Waals surface area contributed by atoms with Crippen LogP contribution in [0.25, 0.3) is 11.1 Å². The Morgan fingerprint density at radius 3 is 2.00 bits per heavy atom. The van der Waals surface area contributed by atoms with E-state index in [1.807, 2.05) is 0 Å². The molecule has 148 valence electrons. The monoisotopic (exact) mass is 387 g/mol. The lowest BCUT2D eigenvalue weighted by molar-refractivity contribution is 0.251. The molecule has 28 heavy (non-hydrogen) atoms. The van der Waals surface area contributed by atoms with Crippen molar-refractivity contribution in [1.82, 2.24) is 0 Å². The Labute approximate surface area is 162 Å². The van der Waals surface area contributed by atoms with Crippen LogP contribution in [0.5, 0.6) is 23.0 Å². The van der Waals surface area contributed by atoms with E-state index < -0.39 is 11.9 Å². The predicted molar refractivity (Wildman–Crippen MR) is 104 cm³/mol. The Kier molecular flexibility index (Phi) is 5.56. The Balaban J connectivity index is 2.22. The van der Waals surface area contributed by atoms with E-state index in [0.29, 0.717) is 39.5 Å². The molecule has 2 N–H and O–H groups in total. The van der Waals surface area contributed by atoms with Gasteiger partial charge in [-0.3, -0.25) is 0 Å². The van der Waals surface area contributed by atoms with Gasteiger partial charge in [-0.15, -0.1) is 0 Å². The molecule has 0 fully saturated rings. The van der Waals surface area contributed by atoms with Crippen molar-refractivity contribution in [3.63, 3.8) is 0 Å². The molecule has 2 aromatic carbocycles. The lowest BCUT2D eigenvalue weighted by atomic mass is 9.95. The van der Waals surface area contributed by atoms with Gasteiger partial charge >= 0.3 is 0 Å². The van der Waals surface area contributed by atoms with Crippen LogP contribution in [-0.2, 0) is 0 Å². The molecule has 0 heterocycles. The number of methoxy groups -OCH3 is 4. The van der Waals surface area contributed by atoms with Gasteiger partial charge in [0.2, 0.25) is 5.75 Å². The van der Waals surface area contributed by atoms with Gasteiger partial charge in [-0.2, -0.15) is 0 Å². The predicted octanol–water partition coefficient (Wildman–Crippen LogP) is 3.56. The third-order valence-corrected chi connectivity index (χ3v) is 4.76. The minimum absolute atomic E-state index is 0.0560. The highest BCUT2D eigenvalue weighted by Crippen LogP contribution is 2.44. The molecule has 0 aromatic heterocycles. The highest BCUT2D eigenvalue weighted by molar-refractivity contribution is 6.34. The number of benzene rings is 2. The number of halogens is 1. The molecule has 0 saturated carbocycles. The van der Waals surface area contributed by atoms with Gasteiger partial charge in [0, 0.05) is 12.0 Å². The van der Waals surface area contributed by atoms with Crippen LogP contribution in [0.15, 0.2) is 30.3 Å². The van der Waals surface area contributed by atoms with Gasteiger partial charge < -0.3 is 29.5 Å². The first kappa shape index (κ1) is 19.7. The summed E-state index contributed by atoms with van der Waals surface area (Å²) >= 11 is 0. The Bertz CT molecular complexity index is 929. The Morgan fingerprint density at radius 1 is 0.893 bits per heavy atom. The van der Waals surface area contributed by atoms with E-state index in [-0.39, 0.29) is 17.9 Å². The summed E-state index contributed by atoms with van der Waals surface area (Å²) in [6.45, 7) is 0. The van der Waals surface area contributed by atoms with E-state index in [2.05, 4.69) is 0 Å².